The lowest BCUT2D eigenvalue weighted by Gasteiger charge is -2.45. The fourth-order valence-electron chi connectivity index (χ4n) is 5.16. The molecule has 2 unspecified atom stereocenters. The third-order valence-electron chi connectivity index (χ3n) is 7.50. The lowest BCUT2D eigenvalue weighted by atomic mass is 10.0. The molecule has 41 heavy (non-hydrogen) atoms. The predicted molar refractivity (Wildman–Crippen MR) is 173 cm³/mol. The number of ether oxygens (including phenoxy) is 1. The van der Waals surface area contributed by atoms with Crippen molar-refractivity contribution in [3.05, 3.63) is 41.1 Å². The number of allylic oxidation sites excluding steroid dienone is 3. The van der Waals surface area contributed by atoms with Crippen LogP contribution in [0.2, 0.25) is 0 Å². The van der Waals surface area contributed by atoms with Crippen LogP contribution in [-0.4, -0.2) is 97.4 Å². The van der Waals surface area contributed by atoms with Crippen molar-refractivity contribution in [3.63, 3.8) is 0 Å². The molecule has 2 N–H and O–H groups in total. The van der Waals surface area contributed by atoms with Gasteiger partial charge in [-0.1, -0.05) is 57.9 Å². The maximum atomic E-state index is 12.3. The van der Waals surface area contributed by atoms with E-state index < -0.39 is 0 Å². The first kappa shape index (κ1) is 36.6. The summed E-state index contributed by atoms with van der Waals surface area (Å²) in [6, 6.07) is 2.37. The van der Waals surface area contributed by atoms with E-state index in [9.17, 15) is 9.90 Å². The Labute approximate surface area is 250 Å². The molecule has 0 bridgehead atoms. The van der Waals surface area contributed by atoms with E-state index in [1.807, 2.05) is 13.8 Å². The molecule has 1 fully saturated rings. The summed E-state index contributed by atoms with van der Waals surface area (Å²) in [7, 11) is 1.59. The zero-order valence-electron chi connectivity index (χ0n) is 27.5. The zero-order valence-corrected chi connectivity index (χ0v) is 27.5. The number of nitrogens with zero attached hydrogens (tertiary/aromatic N) is 4. The Morgan fingerprint density at radius 3 is 2.54 bits per heavy atom. The Morgan fingerprint density at radius 2 is 1.95 bits per heavy atom. The number of pyridine rings is 1. The summed E-state index contributed by atoms with van der Waals surface area (Å²) < 4.78 is 4.97. The van der Waals surface area contributed by atoms with E-state index in [1.165, 1.54) is 17.2 Å². The molecule has 1 aromatic rings. The second-order valence-corrected chi connectivity index (χ2v) is 10.9. The standard InChI is InChI=1S/C31H53N5O3.C2H6/c1-8-15-34(22-26(9-2)12-11-24(4)5)16-13-25(6)36-18-17-35(23-28(36)10-3)30-29(37)20-27(21-33-30)31(38)32-14-19-39-7;1-2/h11-12,20-21,25,28,37H,8-10,13-19,22-23H2,1-7H3,(H,32,38);1-2H3/b26-12+;. The molecule has 2 atom stereocenters. The van der Waals surface area contributed by atoms with Crippen LogP contribution in [0.15, 0.2) is 35.6 Å². The Balaban J connectivity index is 0.00000411. The number of anilines is 1. The molecule has 1 amide bonds. The van der Waals surface area contributed by atoms with E-state index >= 15 is 0 Å². The molecule has 0 saturated carbocycles. The molecular formula is C33H59N5O3. The van der Waals surface area contributed by atoms with Gasteiger partial charge in [-0.2, -0.15) is 0 Å². The molecule has 8 heteroatoms. The van der Waals surface area contributed by atoms with Crippen molar-refractivity contribution in [3.8, 4) is 5.75 Å². The van der Waals surface area contributed by atoms with Gasteiger partial charge in [0.25, 0.3) is 5.91 Å². The van der Waals surface area contributed by atoms with Crippen molar-refractivity contribution >= 4 is 11.7 Å². The molecule has 1 saturated heterocycles. The normalized spacial score (nSPS) is 16.7. The summed E-state index contributed by atoms with van der Waals surface area (Å²) in [4.78, 5) is 24.2. The summed E-state index contributed by atoms with van der Waals surface area (Å²) in [6.45, 7) is 24.0. The minimum atomic E-state index is -0.262. The molecule has 0 radical (unpaired) electrons. The van der Waals surface area contributed by atoms with Gasteiger partial charge in [0.1, 0.15) is 0 Å². The van der Waals surface area contributed by atoms with Gasteiger partial charge in [0.15, 0.2) is 11.6 Å². The highest BCUT2D eigenvalue weighted by Gasteiger charge is 2.31. The third-order valence-corrected chi connectivity index (χ3v) is 7.50. The van der Waals surface area contributed by atoms with Crippen LogP contribution in [0.25, 0.3) is 0 Å². The number of methoxy groups -OCH3 is 1. The van der Waals surface area contributed by atoms with Crippen LogP contribution < -0.4 is 10.2 Å². The number of hydrogen-bond donors (Lipinski definition) is 2. The number of nitrogens with one attached hydrogen (secondary N) is 1. The average molecular weight is 574 g/mol. The van der Waals surface area contributed by atoms with Crippen molar-refractivity contribution in [2.45, 2.75) is 93.2 Å². The second kappa shape index (κ2) is 20.5. The maximum Gasteiger partial charge on any atom is 0.253 e. The quantitative estimate of drug-likeness (QED) is 0.189. The largest absolute Gasteiger partial charge is 0.504 e. The van der Waals surface area contributed by atoms with Crippen molar-refractivity contribution < 1.29 is 14.6 Å². The molecule has 234 valence electrons. The molecule has 2 rings (SSSR count). The second-order valence-electron chi connectivity index (χ2n) is 10.9. The fourth-order valence-corrected chi connectivity index (χ4v) is 5.16. The molecular weight excluding hydrogens is 514 g/mol. The number of aromatic nitrogens is 1. The van der Waals surface area contributed by atoms with Gasteiger partial charge in [-0.3, -0.25) is 14.6 Å². The molecule has 2 heterocycles. The van der Waals surface area contributed by atoms with Crippen molar-refractivity contribution in [2.24, 2.45) is 0 Å². The van der Waals surface area contributed by atoms with Gasteiger partial charge in [0, 0.05) is 58.1 Å². The number of piperazine rings is 1. The van der Waals surface area contributed by atoms with Crippen LogP contribution >= 0.6 is 0 Å². The topological polar surface area (TPSA) is 81.2 Å². The van der Waals surface area contributed by atoms with E-state index in [2.05, 4.69) is 78.7 Å². The summed E-state index contributed by atoms with van der Waals surface area (Å²) in [5, 5.41) is 13.5. The van der Waals surface area contributed by atoms with Crippen LogP contribution in [-0.2, 0) is 4.74 Å². The number of amides is 1. The summed E-state index contributed by atoms with van der Waals surface area (Å²) in [6.07, 6.45) is 10.5. The summed E-state index contributed by atoms with van der Waals surface area (Å²) >= 11 is 0. The van der Waals surface area contributed by atoms with Gasteiger partial charge in [0.05, 0.1) is 12.2 Å². The Kier molecular flexibility index (Phi) is 18.3. The van der Waals surface area contributed by atoms with E-state index in [4.69, 9.17) is 4.74 Å². The Bertz CT molecular complexity index is 945. The fraction of sp³-hybridized carbons (Fsp3) is 0.697. The van der Waals surface area contributed by atoms with Gasteiger partial charge in [-0.25, -0.2) is 4.98 Å². The molecule has 1 aliphatic rings. The smallest absolute Gasteiger partial charge is 0.253 e. The van der Waals surface area contributed by atoms with E-state index in [-0.39, 0.29) is 11.7 Å². The van der Waals surface area contributed by atoms with E-state index in [1.54, 1.807) is 13.3 Å². The molecule has 8 nitrogen and oxygen atoms in total. The number of aromatic hydroxyl groups is 1. The average Bonchev–Trinajstić information content (AvgIpc) is 2.98. The highest BCUT2D eigenvalue weighted by atomic mass is 16.5. The van der Waals surface area contributed by atoms with Crippen molar-refractivity contribution in [2.75, 3.05) is 64.4 Å². The lowest BCUT2D eigenvalue weighted by molar-refractivity contribution is 0.0936. The predicted octanol–water partition coefficient (Wildman–Crippen LogP) is 5.88. The van der Waals surface area contributed by atoms with Crippen LogP contribution in [0.4, 0.5) is 5.82 Å². The third kappa shape index (κ3) is 12.5. The van der Waals surface area contributed by atoms with Gasteiger partial charge in [-0.05, 0) is 65.6 Å². The molecule has 1 aromatic heterocycles. The first-order chi connectivity index (χ1) is 19.7. The SMILES string of the molecule is CC.CCCN(CCC(C)N1CCN(c2ncc(C(=O)NCCOC)cc2O)CC1CC)C/C(=C/C=C(C)C)CC. The molecule has 0 aliphatic carbocycles. The first-order valence-electron chi connectivity index (χ1n) is 15.8. The molecule has 1 aliphatic heterocycles. The van der Waals surface area contributed by atoms with Gasteiger partial charge < -0.3 is 20.1 Å². The highest BCUT2D eigenvalue weighted by molar-refractivity contribution is 5.94. The van der Waals surface area contributed by atoms with Crippen LogP contribution in [0, 0.1) is 0 Å². The van der Waals surface area contributed by atoms with Crippen LogP contribution in [0.3, 0.4) is 0 Å². The maximum absolute atomic E-state index is 12.3. The van der Waals surface area contributed by atoms with Crippen LogP contribution in [0.5, 0.6) is 5.75 Å². The number of carbonyl (C=O) groups is 1. The highest BCUT2D eigenvalue weighted by Crippen LogP contribution is 2.29. The molecule has 0 aromatic carbocycles. The van der Waals surface area contributed by atoms with E-state index in [0.717, 1.165) is 65.0 Å². The molecule has 0 spiro atoms. The number of carbonyl (C=O) groups excluding carboxylic acids is 1. The summed E-state index contributed by atoms with van der Waals surface area (Å²) in [5.74, 6) is 0.342. The Hall–Kier alpha value is -2.42. The summed E-state index contributed by atoms with van der Waals surface area (Å²) in [5.41, 5.74) is 3.18. The minimum Gasteiger partial charge on any atom is -0.504 e. The van der Waals surface area contributed by atoms with Gasteiger partial charge in [0.2, 0.25) is 0 Å². The number of hydrogen-bond acceptors (Lipinski definition) is 7. The monoisotopic (exact) mass is 573 g/mol. The van der Waals surface area contributed by atoms with Gasteiger partial charge >= 0.3 is 0 Å². The Morgan fingerprint density at radius 1 is 1.22 bits per heavy atom. The minimum absolute atomic E-state index is 0.0499. The van der Waals surface area contributed by atoms with Crippen LogP contribution in [0.1, 0.15) is 91.4 Å². The van der Waals surface area contributed by atoms with Crippen molar-refractivity contribution in [1.29, 1.82) is 0 Å². The van der Waals surface area contributed by atoms with E-state index in [0.29, 0.717) is 36.6 Å². The van der Waals surface area contributed by atoms with Crippen molar-refractivity contribution in [1.82, 2.24) is 20.1 Å². The lowest BCUT2D eigenvalue weighted by Crippen LogP contribution is -2.56. The number of rotatable bonds is 16. The zero-order chi connectivity index (χ0) is 30.8. The van der Waals surface area contributed by atoms with Gasteiger partial charge in [-0.15, -0.1) is 0 Å². The first-order valence-corrected chi connectivity index (χ1v) is 15.8.